The molecule has 128 valence electrons. The number of benzene rings is 2. The van der Waals surface area contributed by atoms with Gasteiger partial charge in [-0.15, -0.1) is 0 Å². The molecule has 0 aromatic heterocycles. The van der Waals surface area contributed by atoms with Crippen molar-refractivity contribution in [2.45, 2.75) is 33.1 Å². The molecule has 0 fully saturated rings. The lowest BCUT2D eigenvalue weighted by Crippen LogP contribution is -2.40. The van der Waals surface area contributed by atoms with Crippen LogP contribution in [0, 0.1) is 13.8 Å². The molecule has 4 heteroatoms. The molecule has 0 aliphatic carbocycles. The Labute approximate surface area is 143 Å². The van der Waals surface area contributed by atoms with Crippen LogP contribution >= 0.6 is 0 Å². The number of rotatable bonds is 7. The van der Waals surface area contributed by atoms with E-state index in [9.17, 15) is 4.79 Å². The normalized spacial score (nSPS) is 11.2. The minimum Gasteiger partial charge on any atom is -0.491 e. The van der Waals surface area contributed by atoms with Gasteiger partial charge >= 0.3 is 0 Å². The van der Waals surface area contributed by atoms with Gasteiger partial charge in [0.25, 0.3) is 5.91 Å². The first-order chi connectivity index (χ1) is 11.4. The molecule has 0 bridgehead atoms. The van der Waals surface area contributed by atoms with Crippen LogP contribution in [0.4, 0.5) is 0 Å². The van der Waals surface area contributed by atoms with Gasteiger partial charge in [-0.25, -0.2) is 5.48 Å². The van der Waals surface area contributed by atoms with Crippen molar-refractivity contribution in [1.29, 1.82) is 0 Å². The highest BCUT2D eigenvalue weighted by atomic mass is 16.7. The van der Waals surface area contributed by atoms with Crippen molar-refractivity contribution in [3.63, 3.8) is 0 Å². The summed E-state index contributed by atoms with van der Waals surface area (Å²) in [6.07, 6.45) is 0. The molecule has 2 aromatic carbocycles. The van der Waals surface area contributed by atoms with Crippen LogP contribution < -0.4 is 10.2 Å². The van der Waals surface area contributed by atoms with Gasteiger partial charge in [-0.3, -0.25) is 9.63 Å². The number of ether oxygens (including phenoxy) is 1. The summed E-state index contributed by atoms with van der Waals surface area (Å²) in [5.74, 6) is 0.662. The molecule has 1 amide bonds. The van der Waals surface area contributed by atoms with Crippen molar-refractivity contribution in [2.75, 3.05) is 13.2 Å². The van der Waals surface area contributed by atoms with E-state index in [1.165, 1.54) is 0 Å². The zero-order valence-corrected chi connectivity index (χ0v) is 14.8. The molecule has 0 radical (unpaired) electrons. The number of hydroxylamine groups is 1. The van der Waals surface area contributed by atoms with E-state index in [1.807, 2.05) is 76.2 Å². The largest absolute Gasteiger partial charge is 0.491 e. The molecule has 0 saturated carbocycles. The summed E-state index contributed by atoms with van der Waals surface area (Å²) in [4.78, 5) is 17.6. The maximum absolute atomic E-state index is 12.3. The summed E-state index contributed by atoms with van der Waals surface area (Å²) >= 11 is 0. The van der Waals surface area contributed by atoms with Gasteiger partial charge in [0.2, 0.25) is 0 Å². The first-order valence-electron chi connectivity index (χ1n) is 8.09. The Hall–Kier alpha value is -2.33. The topological polar surface area (TPSA) is 47.6 Å². The molecule has 1 N–H and O–H groups in total. The minimum atomic E-state index is -0.657. The first kappa shape index (κ1) is 18.0. The van der Waals surface area contributed by atoms with E-state index >= 15 is 0 Å². The van der Waals surface area contributed by atoms with Crippen LogP contribution in [0.5, 0.6) is 5.75 Å². The number of carbonyl (C=O) groups is 1. The zero-order valence-electron chi connectivity index (χ0n) is 14.8. The molecule has 24 heavy (non-hydrogen) atoms. The lowest BCUT2D eigenvalue weighted by Gasteiger charge is -2.23. The van der Waals surface area contributed by atoms with Gasteiger partial charge < -0.3 is 4.74 Å². The molecule has 2 rings (SSSR count). The molecule has 2 aromatic rings. The zero-order chi connectivity index (χ0) is 17.6. The van der Waals surface area contributed by atoms with Gasteiger partial charge in [-0.05, 0) is 50.5 Å². The van der Waals surface area contributed by atoms with Crippen LogP contribution in [0.15, 0.2) is 48.5 Å². The van der Waals surface area contributed by atoms with Gasteiger partial charge in [0.1, 0.15) is 19.0 Å². The number of hydrogen-bond acceptors (Lipinski definition) is 3. The van der Waals surface area contributed by atoms with E-state index < -0.39 is 5.41 Å². The Kier molecular flexibility index (Phi) is 5.99. The molecule has 0 heterocycles. The fourth-order valence-electron chi connectivity index (χ4n) is 2.29. The van der Waals surface area contributed by atoms with Crippen LogP contribution in [-0.2, 0) is 15.0 Å². The second kappa shape index (κ2) is 7.97. The fourth-order valence-corrected chi connectivity index (χ4v) is 2.29. The summed E-state index contributed by atoms with van der Waals surface area (Å²) in [7, 11) is 0. The van der Waals surface area contributed by atoms with Gasteiger partial charge in [-0.2, -0.15) is 0 Å². The minimum absolute atomic E-state index is 0.180. The number of nitrogens with one attached hydrogen (secondary N) is 1. The van der Waals surface area contributed by atoms with Crippen molar-refractivity contribution in [2.24, 2.45) is 0 Å². The second-order valence-corrected chi connectivity index (χ2v) is 6.39. The quantitative estimate of drug-likeness (QED) is 0.623. The van der Waals surface area contributed by atoms with Crippen molar-refractivity contribution in [3.05, 3.63) is 65.2 Å². The van der Waals surface area contributed by atoms with E-state index in [-0.39, 0.29) is 12.5 Å². The third kappa shape index (κ3) is 4.59. The Morgan fingerprint density at radius 3 is 2.46 bits per heavy atom. The maximum atomic E-state index is 12.3. The summed E-state index contributed by atoms with van der Waals surface area (Å²) in [5.41, 5.74) is 5.03. The Balaban J connectivity index is 1.78. The Bertz CT molecular complexity index is 681. The number of amides is 1. The lowest BCUT2D eigenvalue weighted by atomic mass is 9.84. The molecular formula is C20H25NO3. The van der Waals surface area contributed by atoms with Crippen LogP contribution in [0.3, 0.4) is 0 Å². The van der Waals surface area contributed by atoms with Crippen molar-refractivity contribution in [1.82, 2.24) is 5.48 Å². The molecule has 0 spiro atoms. The molecule has 0 aliphatic heterocycles. The lowest BCUT2D eigenvalue weighted by molar-refractivity contribution is -0.139. The predicted octanol–water partition coefficient (Wildman–Crippen LogP) is 3.71. The fraction of sp³-hybridized carbons (Fsp3) is 0.350. The highest BCUT2D eigenvalue weighted by Gasteiger charge is 2.29. The standard InChI is InChI=1S/C20H25NO3/c1-15-10-11-16(2)18(14-15)23-12-13-24-21-19(22)20(3,4)17-8-6-5-7-9-17/h5-11,14H,12-13H2,1-4H3,(H,21,22). The highest BCUT2D eigenvalue weighted by Crippen LogP contribution is 2.23. The van der Waals surface area contributed by atoms with E-state index in [4.69, 9.17) is 9.57 Å². The van der Waals surface area contributed by atoms with E-state index in [0.717, 1.165) is 22.4 Å². The van der Waals surface area contributed by atoms with Crippen LogP contribution in [0.2, 0.25) is 0 Å². The number of aryl methyl sites for hydroxylation is 2. The Morgan fingerprint density at radius 2 is 1.75 bits per heavy atom. The summed E-state index contributed by atoms with van der Waals surface area (Å²) < 4.78 is 5.69. The third-order valence-electron chi connectivity index (χ3n) is 4.01. The smallest absolute Gasteiger partial charge is 0.253 e. The van der Waals surface area contributed by atoms with E-state index in [0.29, 0.717) is 6.61 Å². The molecule has 4 nitrogen and oxygen atoms in total. The molecule has 0 atom stereocenters. The SMILES string of the molecule is Cc1ccc(C)c(OCCONC(=O)C(C)(C)c2ccccc2)c1. The maximum Gasteiger partial charge on any atom is 0.253 e. The van der Waals surface area contributed by atoms with Gasteiger partial charge in [0.05, 0.1) is 5.41 Å². The van der Waals surface area contributed by atoms with Crippen LogP contribution in [-0.4, -0.2) is 19.1 Å². The monoisotopic (exact) mass is 327 g/mol. The van der Waals surface area contributed by atoms with Crippen LogP contribution in [0.25, 0.3) is 0 Å². The van der Waals surface area contributed by atoms with Crippen molar-refractivity contribution < 1.29 is 14.4 Å². The second-order valence-electron chi connectivity index (χ2n) is 6.39. The van der Waals surface area contributed by atoms with Crippen molar-refractivity contribution in [3.8, 4) is 5.75 Å². The summed E-state index contributed by atoms with van der Waals surface area (Å²) in [6, 6.07) is 15.7. The van der Waals surface area contributed by atoms with Crippen molar-refractivity contribution >= 4 is 5.91 Å². The van der Waals surface area contributed by atoms with E-state index in [1.54, 1.807) is 0 Å². The molecule has 0 saturated heterocycles. The van der Waals surface area contributed by atoms with Gasteiger partial charge in [0.15, 0.2) is 0 Å². The molecule has 0 aliphatic rings. The molecule has 0 unspecified atom stereocenters. The highest BCUT2D eigenvalue weighted by molar-refractivity contribution is 5.86. The van der Waals surface area contributed by atoms with E-state index in [2.05, 4.69) is 5.48 Å². The number of hydrogen-bond donors (Lipinski definition) is 1. The summed E-state index contributed by atoms with van der Waals surface area (Å²) in [5, 5.41) is 0. The van der Waals surface area contributed by atoms with Gasteiger partial charge in [-0.1, -0.05) is 42.5 Å². The average molecular weight is 327 g/mol. The van der Waals surface area contributed by atoms with Gasteiger partial charge in [0, 0.05) is 0 Å². The Morgan fingerprint density at radius 1 is 1.04 bits per heavy atom. The third-order valence-corrected chi connectivity index (χ3v) is 4.01. The number of carbonyl (C=O) groups excluding carboxylic acids is 1. The van der Waals surface area contributed by atoms with Crippen LogP contribution in [0.1, 0.15) is 30.5 Å². The molecular weight excluding hydrogens is 302 g/mol. The first-order valence-corrected chi connectivity index (χ1v) is 8.09. The summed E-state index contributed by atoms with van der Waals surface area (Å²) in [6.45, 7) is 8.41. The predicted molar refractivity (Wildman–Crippen MR) is 95.0 cm³/mol. The average Bonchev–Trinajstić information content (AvgIpc) is 2.58.